The van der Waals surface area contributed by atoms with E-state index in [2.05, 4.69) is 19.2 Å². The molecule has 4 nitrogen and oxygen atoms in total. The molecule has 31 heavy (non-hydrogen) atoms. The Morgan fingerprint density at radius 3 is 2.42 bits per heavy atom. The summed E-state index contributed by atoms with van der Waals surface area (Å²) in [4.78, 5) is 13.9. The van der Waals surface area contributed by atoms with Crippen LogP contribution < -0.4 is 10.1 Å². The third kappa shape index (κ3) is 6.76. The van der Waals surface area contributed by atoms with E-state index in [9.17, 15) is 9.18 Å². The molecule has 0 bridgehead atoms. The molecule has 1 aliphatic rings. The molecule has 0 aromatic heterocycles. The second-order valence-corrected chi connectivity index (χ2v) is 8.78. The van der Waals surface area contributed by atoms with Gasteiger partial charge in [0.1, 0.15) is 17.7 Å². The topological polar surface area (TPSA) is 41.6 Å². The minimum absolute atomic E-state index is 0.175. The van der Waals surface area contributed by atoms with Gasteiger partial charge >= 0.3 is 0 Å². The van der Waals surface area contributed by atoms with Crippen molar-refractivity contribution in [3.05, 3.63) is 65.5 Å². The molecule has 0 aliphatic carbocycles. The summed E-state index contributed by atoms with van der Waals surface area (Å²) >= 11 is 0. The molecule has 6 heteroatoms. The van der Waals surface area contributed by atoms with E-state index in [1.807, 2.05) is 29.2 Å². The first-order valence-electron chi connectivity index (χ1n) is 10.9. The summed E-state index contributed by atoms with van der Waals surface area (Å²) in [6.45, 7) is 7.86. The first-order valence-corrected chi connectivity index (χ1v) is 10.9. The highest BCUT2D eigenvalue weighted by molar-refractivity contribution is 5.73. The number of carbonyl (C=O) groups is 1. The van der Waals surface area contributed by atoms with Gasteiger partial charge in [-0.1, -0.05) is 38.1 Å². The van der Waals surface area contributed by atoms with Crippen molar-refractivity contribution in [1.29, 1.82) is 0 Å². The zero-order valence-corrected chi connectivity index (χ0v) is 18.5. The summed E-state index contributed by atoms with van der Waals surface area (Å²) < 4.78 is 34.1. The molecule has 168 valence electrons. The number of likely N-dealkylation sites (tertiary alicyclic amines) is 1. The summed E-state index contributed by atoms with van der Waals surface area (Å²) in [6.07, 6.45) is -0.457. The van der Waals surface area contributed by atoms with Gasteiger partial charge < -0.3 is 10.1 Å². The van der Waals surface area contributed by atoms with Crippen LogP contribution in [0.15, 0.2) is 48.5 Å². The van der Waals surface area contributed by atoms with Crippen molar-refractivity contribution in [2.24, 2.45) is 11.8 Å². The number of nitrogens with zero attached hydrogens (tertiary/aromatic N) is 1. The Morgan fingerprint density at radius 2 is 1.84 bits per heavy atom. The van der Waals surface area contributed by atoms with E-state index in [4.69, 9.17) is 4.74 Å². The number of nitrogens with one attached hydrogen (secondary N) is 1. The Bertz CT molecular complexity index is 840. The first kappa shape index (κ1) is 23.2. The second kappa shape index (κ2) is 10.7. The minimum atomic E-state index is -1.08. The fraction of sp³-hybridized carbons (Fsp3) is 0.480. The molecular formula is C25H32F2N2O2. The number of carbonyl (C=O) groups excluding carboxylic acids is 1. The standard InChI is InChI=1S/C25H32F2N2O2/c1-17(2)16-31-22-10-6-20(7-11-22)25(28-18(3)30)23-12-13-29(15-24(23)27)14-19-4-8-21(26)9-5-19/h4-11,17,23-25H,12-16H2,1-3H3,(H,28,30)/t23-,24+,25?/m1/s1. The lowest BCUT2D eigenvalue weighted by Crippen LogP contribution is -2.46. The summed E-state index contributed by atoms with van der Waals surface area (Å²) in [5.74, 6) is 0.440. The van der Waals surface area contributed by atoms with Crippen LogP contribution in [0.2, 0.25) is 0 Å². The van der Waals surface area contributed by atoms with Crippen LogP contribution in [0.25, 0.3) is 0 Å². The second-order valence-electron chi connectivity index (χ2n) is 8.78. The first-order chi connectivity index (χ1) is 14.8. The normalized spacial score (nSPS) is 20.5. The van der Waals surface area contributed by atoms with E-state index in [0.717, 1.165) is 16.9 Å². The highest BCUT2D eigenvalue weighted by Gasteiger charge is 2.36. The zero-order chi connectivity index (χ0) is 22.4. The molecule has 1 heterocycles. The molecular weight excluding hydrogens is 398 g/mol. The third-order valence-electron chi connectivity index (χ3n) is 5.60. The van der Waals surface area contributed by atoms with Crippen LogP contribution in [0.1, 0.15) is 44.4 Å². The molecule has 0 spiro atoms. The van der Waals surface area contributed by atoms with E-state index < -0.39 is 6.17 Å². The van der Waals surface area contributed by atoms with E-state index in [-0.39, 0.29) is 30.2 Å². The van der Waals surface area contributed by atoms with Crippen LogP contribution in [-0.4, -0.2) is 36.7 Å². The lowest BCUT2D eigenvalue weighted by atomic mass is 9.83. The number of halogens is 2. The monoisotopic (exact) mass is 430 g/mol. The smallest absolute Gasteiger partial charge is 0.217 e. The van der Waals surface area contributed by atoms with Gasteiger partial charge in [-0.25, -0.2) is 8.78 Å². The number of hydrogen-bond acceptors (Lipinski definition) is 3. The van der Waals surface area contributed by atoms with Crippen LogP contribution >= 0.6 is 0 Å². The van der Waals surface area contributed by atoms with Gasteiger partial charge in [-0.3, -0.25) is 9.69 Å². The average Bonchev–Trinajstić information content (AvgIpc) is 2.73. The Labute approximate surface area is 183 Å². The lowest BCUT2D eigenvalue weighted by Gasteiger charge is -2.39. The van der Waals surface area contributed by atoms with Gasteiger partial charge in [0.15, 0.2) is 0 Å². The molecule has 1 N–H and O–H groups in total. The van der Waals surface area contributed by atoms with Crippen LogP contribution in [0, 0.1) is 17.7 Å². The molecule has 0 saturated carbocycles. The van der Waals surface area contributed by atoms with E-state index in [1.54, 1.807) is 12.1 Å². The van der Waals surface area contributed by atoms with Gasteiger partial charge in [-0.15, -0.1) is 0 Å². The summed E-state index contributed by atoms with van der Waals surface area (Å²) in [5, 5.41) is 2.96. The van der Waals surface area contributed by atoms with E-state index in [0.29, 0.717) is 32.0 Å². The maximum absolute atomic E-state index is 15.3. The lowest BCUT2D eigenvalue weighted by molar-refractivity contribution is -0.120. The fourth-order valence-electron chi connectivity index (χ4n) is 4.04. The molecule has 1 aliphatic heterocycles. The van der Waals surface area contributed by atoms with Gasteiger partial charge in [0.2, 0.25) is 5.91 Å². The Kier molecular flexibility index (Phi) is 8.02. The zero-order valence-electron chi connectivity index (χ0n) is 18.5. The largest absolute Gasteiger partial charge is 0.493 e. The molecule has 3 atom stereocenters. The quantitative estimate of drug-likeness (QED) is 0.648. The van der Waals surface area contributed by atoms with Gasteiger partial charge in [-0.05, 0) is 54.3 Å². The molecule has 2 aromatic carbocycles. The molecule has 2 aromatic rings. The van der Waals surface area contributed by atoms with Crippen LogP contribution in [-0.2, 0) is 11.3 Å². The highest BCUT2D eigenvalue weighted by Crippen LogP contribution is 2.34. The molecule has 1 unspecified atom stereocenters. The predicted molar refractivity (Wildman–Crippen MR) is 118 cm³/mol. The predicted octanol–water partition coefficient (Wildman–Crippen LogP) is 4.90. The Morgan fingerprint density at radius 1 is 1.16 bits per heavy atom. The number of ether oxygens (including phenoxy) is 1. The van der Waals surface area contributed by atoms with Gasteiger partial charge in [0.05, 0.1) is 12.6 Å². The molecule has 1 saturated heterocycles. The summed E-state index contributed by atoms with van der Waals surface area (Å²) in [6, 6.07) is 13.5. The van der Waals surface area contributed by atoms with Crippen molar-refractivity contribution in [2.75, 3.05) is 19.7 Å². The number of alkyl halides is 1. The summed E-state index contributed by atoms with van der Waals surface area (Å²) in [5.41, 5.74) is 1.84. The SMILES string of the molecule is CC(=O)NC(c1ccc(OCC(C)C)cc1)[C@@H]1CCN(Cc2ccc(F)cc2)C[C@@H]1F. The molecule has 0 radical (unpaired) electrons. The van der Waals surface area contributed by atoms with Crippen LogP contribution in [0.3, 0.4) is 0 Å². The third-order valence-corrected chi connectivity index (χ3v) is 5.60. The van der Waals surface area contributed by atoms with Crippen LogP contribution in [0.4, 0.5) is 8.78 Å². The van der Waals surface area contributed by atoms with Crippen molar-refractivity contribution in [2.45, 2.75) is 46.0 Å². The van der Waals surface area contributed by atoms with Crippen molar-refractivity contribution in [3.8, 4) is 5.75 Å². The maximum Gasteiger partial charge on any atom is 0.217 e. The molecule has 1 amide bonds. The van der Waals surface area contributed by atoms with Crippen molar-refractivity contribution in [1.82, 2.24) is 10.2 Å². The van der Waals surface area contributed by atoms with E-state index in [1.165, 1.54) is 19.1 Å². The Balaban J connectivity index is 1.66. The summed E-state index contributed by atoms with van der Waals surface area (Å²) in [7, 11) is 0. The van der Waals surface area contributed by atoms with E-state index >= 15 is 4.39 Å². The Hall–Kier alpha value is -2.47. The number of piperidine rings is 1. The van der Waals surface area contributed by atoms with Crippen LogP contribution in [0.5, 0.6) is 5.75 Å². The highest BCUT2D eigenvalue weighted by atomic mass is 19.1. The minimum Gasteiger partial charge on any atom is -0.493 e. The van der Waals surface area contributed by atoms with Gasteiger partial charge in [-0.2, -0.15) is 0 Å². The van der Waals surface area contributed by atoms with Crippen molar-refractivity contribution in [3.63, 3.8) is 0 Å². The fourth-order valence-corrected chi connectivity index (χ4v) is 4.04. The van der Waals surface area contributed by atoms with Gasteiger partial charge in [0, 0.05) is 25.9 Å². The number of amides is 1. The molecule has 1 fully saturated rings. The van der Waals surface area contributed by atoms with Crippen molar-refractivity contribution >= 4 is 5.91 Å². The molecule has 3 rings (SSSR count). The number of rotatable bonds is 8. The number of benzene rings is 2. The van der Waals surface area contributed by atoms with Crippen molar-refractivity contribution < 1.29 is 18.3 Å². The number of hydrogen-bond donors (Lipinski definition) is 1. The average molecular weight is 431 g/mol. The maximum atomic E-state index is 15.3. The van der Waals surface area contributed by atoms with Gasteiger partial charge in [0.25, 0.3) is 0 Å².